The molecule has 25 heavy (non-hydrogen) atoms. The fraction of sp³-hybridized carbons (Fsp3) is 0.533. The molecule has 1 aromatic carbocycles. The number of sulfonamides is 1. The Hall–Kier alpha value is -0.930. The van der Waals surface area contributed by atoms with E-state index in [-0.39, 0.29) is 42.5 Å². The topological polar surface area (TPSA) is 69.7 Å². The summed E-state index contributed by atoms with van der Waals surface area (Å²) in [6, 6.07) is 3.32. The summed E-state index contributed by atoms with van der Waals surface area (Å²) >= 11 is 5.82. The highest BCUT2D eigenvalue weighted by Gasteiger charge is 2.36. The summed E-state index contributed by atoms with van der Waals surface area (Å²) < 4.78 is 40.8. The number of hydrogen-bond donors (Lipinski definition) is 1. The summed E-state index contributed by atoms with van der Waals surface area (Å²) in [6.45, 7) is 2.01. The number of hydrogen-bond acceptors (Lipinski definition) is 4. The third-order valence-corrected chi connectivity index (χ3v) is 6.55. The minimum Gasteiger partial charge on any atom is -0.336 e. The molecule has 0 aromatic heterocycles. The van der Waals surface area contributed by atoms with Crippen LogP contribution in [0.2, 0.25) is 5.02 Å². The van der Waals surface area contributed by atoms with E-state index < -0.39 is 20.7 Å². The van der Waals surface area contributed by atoms with E-state index in [1.165, 1.54) is 10.4 Å². The molecular formula is C15H20Cl2FN3O3S. The Balaban J connectivity index is 0.00000225. The number of amides is 1. The zero-order chi connectivity index (χ0) is 17.3. The van der Waals surface area contributed by atoms with Crippen molar-refractivity contribution in [1.29, 1.82) is 0 Å². The van der Waals surface area contributed by atoms with Gasteiger partial charge in [-0.15, -0.1) is 12.4 Å². The summed E-state index contributed by atoms with van der Waals surface area (Å²) in [4.78, 5) is 13.4. The number of halogens is 3. The van der Waals surface area contributed by atoms with Crippen molar-refractivity contribution >= 4 is 39.9 Å². The summed E-state index contributed by atoms with van der Waals surface area (Å²) in [7, 11) is -3.98. The predicted octanol–water partition coefficient (Wildman–Crippen LogP) is 1.49. The van der Waals surface area contributed by atoms with Gasteiger partial charge in [0.15, 0.2) is 0 Å². The van der Waals surface area contributed by atoms with Gasteiger partial charge in [0, 0.05) is 37.2 Å². The van der Waals surface area contributed by atoms with Crippen LogP contribution >= 0.6 is 24.0 Å². The van der Waals surface area contributed by atoms with Crippen LogP contribution in [0.3, 0.4) is 0 Å². The van der Waals surface area contributed by atoms with Crippen LogP contribution in [-0.4, -0.2) is 62.3 Å². The number of piperazine rings is 1. The van der Waals surface area contributed by atoms with Gasteiger partial charge in [0.25, 0.3) is 0 Å². The third kappa shape index (κ3) is 4.25. The van der Waals surface area contributed by atoms with Gasteiger partial charge in [-0.05, 0) is 31.0 Å². The average molecular weight is 412 g/mol. The smallest absolute Gasteiger partial charge is 0.246 e. The molecule has 2 aliphatic rings. The zero-order valence-electron chi connectivity index (χ0n) is 13.5. The highest BCUT2D eigenvalue weighted by Crippen LogP contribution is 2.27. The fourth-order valence-corrected chi connectivity index (χ4v) is 5.06. The lowest BCUT2D eigenvalue weighted by Crippen LogP contribution is -2.57. The molecule has 0 radical (unpaired) electrons. The number of benzene rings is 1. The molecule has 1 N–H and O–H groups in total. The van der Waals surface area contributed by atoms with E-state index in [1.54, 1.807) is 4.90 Å². The molecule has 3 rings (SSSR count). The second-order valence-corrected chi connectivity index (χ2v) is 8.34. The van der Waals surface area contributed by atoms with E-state index >= 15 is 0 Å². The first-order valence-corrected chi connectivity index (χ1v) is 9.67. The summed E-state index contributed by atoms with van der Waals surface area (Å²) in [5.74, 6) is -0.848. The van der Waals surface area contributed by atoms with Gasteiger partial charge in [-0.2, -0.15) is 4.31 Å². The van der Waals surface area contributed by atoms with Crippen molar-refractivity contribution in [3.05, 3.63) is 29.0 Å². The minimum absolute atomic E-state index is 0. The Labute approximate surface area is 157 Å². The highest BCUT2D eigenvalue weighted by atomic mass is 35.5. The lowest BCUT2D eigenvalue weighted by molar-refractivity contribution is -0.135. The SMILES string of the molecule is Cl.O=C1CNCCN1C1CCCN(S(=O)(=O)c2cc(Cl)ccc2F)C1. The Morgan fingerprint density at radius 2 is 2.04 bits per heavy atom. The Morgan fingerprint density at radius 3 is 2.76 bits per heavy atom. The molecule has 2 saturated heterocycles. The van der Waals surface area contributed by atoms with Crippen molar-refractivity contribution < 1.29 is 17.6 Å². The lowest BCUT2D eigenvalue weighted by Gasteiger charge is -2.40. The molecule has 1 unspecified atom stereocenters. The fourth-order valence-electron chi connectivity index (χ4n) is 3.21. The maximum atomic E-state index is 14.0. The van der Waals surface area contributed by atoms with E-state index in [0.717, 1.165) is 18.6 Å². The second-order valence-electron chi connectivity index (χ2n) is 6.00. The van der Waals surface area contributed by atoms with E-state index in [1.807, 2.05) is 0 Å². The predicted molar refractivity (Wildman–Crippen MR) is 95.0 cm³/mol. The Morgan fingerprint density at radius 1 is 1.28 bits per heavy atom. The molecule has 0 spiro atoms. The van der Waals surface area contributed by atoms with E-state index in [2.05, 4.69) is 5.32 Å². The van der Waals surface area contributed by atoms with Gasteiger partial charge in [0.05, 0.1) is 6.54 Å². The monoisotopic (exact) mass is 411 g/mol. The van der Waals surface area contributed by atoms with Crippen molar-refractivity contribution in [3.63, 3.8) is 0 Å². The first-order valence-electron chi connectivity index (χ1n) is 7.85. The maximum absolute atomic E-state index is 14.0. The molecule has 10 heteroatoms. The van der Waals surface area contributed by atoms with E-state index in [0.29, 0.717) is 26.1 Å². The number of carbonyl (C=O) groups is 1. The van der Waals surface area contributed by atoms with Crippen molar-refractivity contribution in [2.24, 2.45) is 0 Å². The number of piperidine rings is 1. The number of carbonyl (C=O) groups excluding carboxylic acids is 1. The lowest BCUT2D eigenvalue weighted by atomic mass is 10.1. The standard InChI is InChI=1S/C15H19ClFN3O3S.ClH/c16-11-3-4-13(17)14(8-11)24(22,23)19-6-1-2-12(10-19)20-7-5-18-9-15(20)21;/h3-4,8,12,18H,1-2,5-7,9-10H2;1H. The van der Waals surface area contributed by atoms with Crippen molar-refractivity contribution in [2.45, 2.75) is 23.8 Å². The molecule has 1 atom stereocenters. The molecular weight excluding hydrogens is 392 g/mol. The van der Waals surface area contributed by atoms with Gasteiger partial charge in [-0.3, -0.25) is 4.79 Å². The number of nitrogens with one attached hydrogen (secondary N) is 1. The Bertz CT molecular complexity index is 748. The molecule has 0 aliphatic carbocycles. The van der Waals surface area contributed by atoms with Crippen LogP contribution in [0.4, 0.5) is 4.39 Å². The van der Waals surface area contributed by atoms with Crippen molar-refractivity contribution in [2.75, 3.05) is 32.7 Å². The third-order valence-electron chi connectivity index (χ3n) is 4.44. The van der Waals surface area contributed by atoms with Gasteiger partial charge in [0.1, 0.15) is 10.7 Å². The van der Waals surface area contributed by atoms with Gasteiger partial charge < -0.3 is 10.2 Å². The minimum atomic E-state index is -3.98. The number of rotatable bonds is 3. The van der Waals surface area contributed by atoms with Gasteiger partial charge in [0.2, 0.25) is 15.9 Å². The molecule has 1 amide bonds. The molecule has 1 aromatic rings. The molecule has 2 aliphatic heterocycles. The van der Waals surface area contributed by atoms with Crippen LogP contribution < -0.4 is 5.32 Å². The summed E-state index contributed by atoms with van der Waals surface area (Å²) in [5.41, 5.74) is 0. The van der Waals surface area contributed by atoms with E-state index in [4.69, 9.17) is 11.6 Å². The summed E-state index contributed by atoms with van der Waals surface area (Å²) in [6.07, 6.45) is 1.37. The molecule has 2 fully saturated rings. The second kappa shape index (κ2) is 8.18. The molecule has 0 bridgehead atoms. The van der Waals surface area contributed by atoms with Gasteiger partial charge >= 0.3 is 0 Å². The van der Waals surface area contributed by atoms with Crippen LogP contribution in [0.1, 0.15) is 12.8 Å². The quantitative estimate of drug-likeness (QED) is 0.817. The largest absolute Gasteiger partial charge is 0.336 e. The summed E-state index contributed by atoms with van der Waals surface area (Å²) in [5, 5.41) is 3.16. The zero-order valence-corrected chi connectivity index (χ0v) is 15.8. The molecule has 140 valence electrons. The molecule has 0 saturated carbocycles. The van der Waals surface area contributed by atoms with Crippen LogP contribution in [0, 0.1) is 5.82 Å². The first kappa shape index (κ1) is 20.4. The maximum Gasteiger partial charge on any atom is 0.246 e. The van der Waals surface area contributed by atoms with Crippen LogP contribution in [0.15, 0.2) is 23.1 Å². The van der Waals surface area contributed by atoms with Gasteiger partial charge in [-0.25, -0.2) is 12.8 Å². The van der Waals surface area contributed by atoms with Crippen LogP contribution in [-0.2, 0) is 14.8 Å². The number of nitrogens with zero attached hydrogens (tertiary/aromatic N) is 2. The van der Waals surface area contributed by atoms with Crippen molar-refractivity contribution in [3.8, 4) is 0 Å². The van der Waals surface area contributed by atoms with Crippen LogP contribution in [0.5, 0.6) is 0 Å². The molecule has 2 heterocycles. The van der Waals surface area contributed by atoms with E-state index in [9.17, 15) is 17.6 Å². The first-order chi connectivity index (χ1) is 11.4. The van der Waals surface area contributed by atoms with Gasteiger partial charge in [-0.1, -0.05) is 11.6 Å². The Kier molecular flexibility index (Phi) is 6.67. The highest BCUT2D eigenvalue weighted by molar-refractivity contribution is 7.89. The molecule has 6 nitrogen and oxygen atoms in total. The average Bonchev–Trinajstić information content (AvgIpc) is 2.57. The van der Waals surface area contributed by atoms with Crippen molar-refractivity contribution in [1.82, 2.24) is 14.5 Å². The van der Waals surface area contributed by atoms with Crippen LogP contribution in [0.25, 0.3) is 0 Å². The normalized spacial score (nSPS) is 22.6.